The Morgan fingerprint density at radius 3 is 3.08 bits per heavy atom. The summed E-state index contributed by atoms with van der Waals surface area (Å²) in [6.45, 7) is 1.76. The van der Waals surface area contributed by atoms with Gasteiger partial charge in [-0.25, -0.2) is 0 Å². The zero-order valence-electron chi connectivity index (χ0n) is 6.90. The predicted octanol–water partition coefficient (Wildman–Crippen LogP) is 1.71. The van der Waals surface area contributed by atoms with Crippen LogP contribution in [-0.4, -0.2) is 10.1 Å². The van der Waals surface area contributed by atoms with E-state index in [1.165, 1.54) is 12.3 Å². The second kappa shape index (κ2) is 2.49. The van der Waals surface area contributed by atoms with Gasteiger partial charge in [0.15, 0.2) is 5.58 Å². The van der Waals surface area contributed by atoms with Crippen LogP contribution in [0.2, 0.25) is 0 Å². The van der Waals surface area contributed by atoms with Crippen molar-refractivity contribution in [3.63, 3.8) is 0 Å². The molecule has 0 spiro atoms. The third kappa shape index (κ3) is 1.02. The van der Waals surface area contributed by atoms with Crippen LogP contribution in [0.5, 0.6) is 5.95 Å². The molecule has 0 aliphatic rings. The highest BCUT2D eigenvalue weighted by Crippen LogP contribution is 2.26. The minimum absolute atomic E-state index is 0.180. The summed E-state index contributed by atoms with van der Waals surface area (Å²) in [5.41, 5.74) is 2.19. The lowest BCUT2D eigenvalue weighted by molar-refractivity contribution is 0.346. The van der Waals surface area contributed by atoms with Gasteiger partial charge in [-0.1, -0.05) is 0 Å². The maximum absolute atomic E-state index is 9.05. The summed E-state index contributed by atoms with van der Waals surface area (Å²) in [6, 6.07) is 3.41. The SMILES string of the molecule is Cc1c(C#N)cnc2cc(O)oc12. The first-order valence-corrected chi connectivity index (χ1v) is 3.70. The molecule has 0 radical (unpaired) electrons. The van der Waals surface area contributed by atoms with Gasteiger partial charge in [-0.3, -0.25) is 4.98 Å². The molecule has 2 aromatic heterocycles. The van der Waals surface area contributed by atoms with E-state index < -0.39 is 0 Å². The summed E-state index contributed by atoms with van der Waals surface area (Å²) in [4.78, 5) is 3.96. The number of aryl methyl sites for hydroxylation is 1. The number of hydrogen-bond acceptors (Lipinski definition) is 4. The molecule has 2 aromatic rings. The third-order valence-electron chi connectivity index (χ3n) is 1.90. The number of aromatic nitrogens is 1. The molecular weight excluding hydrogens is 168 g/mol. The summed E-state index contributed by atoms with van der Waals surface area (Å²) in [5.74, 6) is -0.180. The Bertz CT molecular complexity index is 508. The minimum Gasteiger partial charge on any atom is -0.481 e. The Labute approximate surface area is 74.0 Å². The third-order valence-corrected chi connectivity index (χ3v) is 1.90. The van der Waals surface area contributed by atoms with Crippen molar-refractivity contribution in [2.24, 2.45) is 0 Å². The lowest BCUT2D eigenvalue weighted by atomic mass is 10.1. The van der Waals surface area contributed by atoms with Crippen molar-refractivity contribution in [3.05, 3.63) is 23.4 Å². The van der Waals surface area contributed by atoms with E-state index in [4.69, 9.17) is 14.8 Å². The Kier molecular flexibility index (Phi) is 1.46. The Morgan fingerprint density at radius 1 is 1.62 bits per heavy atom. The number of hydrogen-bond donors (Lipinski definition) is 1. The van der Waals surface area contributed by atoms with Crippen molar-refractivity contribution in [3.8, 4) is 12.0 Å². The molecule has 2 rings (SSSR count). The van der Waals surface area contributed by atoms with Gasteiger partial charge in [0, 0.05) is 17.8 Å². The Hall–Kier alpha value is -2.02. The lowest BCUT2D eigenvalue weighted by Crippen LogP contribution is -1.84. The van der Waals surface area contributed by atoms with Crippen molar-refractivity contribution >= 4 is 11.1 Å². The normalized spacial score (nSPS) is 10.2. The van der Waals surface area contributed by atoms with Gasteiger partial charge < -0.3 is 9.52 Å². The molecule has 64 valence electrons. The highest BCUT2D eigenvalue weighted by Gasteiger charge is 2.09. The van der Waals surface area contributed by atoms with Crippen LogP contribution in [0.4, 0.5) is 0 Å². The van der Waals surface area contributed by atoms with E-state index in [9.17, 15) is 0 Å². The predicted molar refractivity (Wildman–Crippen MR) is 45.1 cm³/mol. The topological polar surface area (TPSA) is 70.0 Å². The maximum Gasteiger partial charge on any atom is 0.284 e. The van der Waals surface area contributed by atoms with E-state index in [1.54, 1.807) is 6.92 Å². The van der Waals surface area contributed by atoms with E-state index in [-0.39, 0.29) is 5.95 Å². The quantitative estimate of drug-likeness (QED) is 0.660. The molecule has 0 atom stereocenters. The summed E-state index contributed by atoms with van der Waals surface area (Å²) in [6.07, 6.45) is 1.46. The Morgan fingerprint density at radius 2 is 2.38 bits per heavy atom. The summed E-state index contributed by atoms with van der Waals surface area (Å²) < 4.78 is 4.98. The van der Waals surface area contributed by atoms with Crippen LogP contribution in [0, 0.1) is 18.3 Å². The van der Waals surface area contributed by atoms with Crippen LogP contribution in [0.25, 0.3) is 11.1 Å². The van der Waals surface area contributed by atoms with E-state index in [1.807, 2.05) is 6.07 Å². The van der Waals surface area contributed by atoms with Gasteiger partial charge >= 0.3 is 0 Å². The molecule has 1 N–H and O–H groups in total. The highest BCUT2D eigenvalue weighted by atomic mass is 16.5. The van der Waals surface area contributed by atoms with Crippen molar-refractivity contribution in [1.82, 2.24) is 4.98 Å². The van der Waals surface area contributed by atoms with Crippen molar-refractivity contribution in [2.45, 2.75) is 6.92 Å². The largest absolute Gasteiger partial charge is 0.481 e. The fourth-order valence-corrected chi connectivity index (χ4v) is 1.20. The number of fused-ring (bicyclic) bond motifs is 1. The monoisotopic (exact) mass is 174 g/mol. The van der Waals surface area contributed by atoms with Gasteiger partial charge in [0.05, 0.1) is 5.56 Å². The fourth-order valence-electron chi connectivity index (χ4n) is 1.20. The van der Waals surface area contributed by atoms with Crippen LogP contribution in [-0.2, 0) is 0 Å². The van der Waals surface area contributed by atoms with Crippen molar-refractivity contribution < 1.29 is 9.52 Å². The Balaban J connectivity index is 2.87. The van der Waals surface area contributed by atoms with Crippen LogP contribution in [0.1, 0.15) is 11.1 Å². The van der Waals surface area contributed by atoms with Gasteiger partial charge in [-0.15, -0.1) is 0 Å². The first kappa shape index (κ1) is 7.62. The summed E-state index contributed by atoms with van der Waals surface area (Å²) >= 11 is 0. The standard InChI is InChI=1S/C9H6N2O2/c1-5-6(3-10)4-11-7-2-8(12)13-9(5)7/h2,4,12H,1H3. The van der Waals surface area contributed by atoms with Gasteiger partial charge in [-0.05, 0) is 6.92 Å². The van der Waals surface area contributed by atoms with E-state index in [0.717, 1.165) is 0 Å². The average Bonchev–Trinajstić information content (AvgIpc) is 2.47. The number of pyridine rings is 1. The molecule has 0 fully saturated rings. The fraction of sp³-hybridized carbons (Fsp3) is 0.111. The van der Waals surface area contributed by atoms with Crippen LogP contribution in [0.3, 0.4) is 0 Å². The molecule has 13 heavy (non-hydrogen) atoms. The van der Waals surface area contributed by atoms with E-state index >= 15 is 0 Å². The van der Waals surface area contributed by atoms with E-state index in [2.05, 4.69) is 4.98 Å². The molecule has 0 saturated heterocycles. The zero-order chi connectivity index (χ0) is 9.42. The number of aromatic hydroxyl groups is 1. The number of furan rings is 1. The van der Waals surface area contributed by atoms with Crippen molar-refractivity contribution in [2.75, 3.05) is 0 Å². The molecule has 0 saturated carbocycles. The molecule has 2 heterocycles. The van der Waals surface area contributed by atoms with Crippen molar-refractivity contribution in [1.29, 1.82) is 5.26 Å². The van der Waals surface area contributed by atoms with Gasteiger partial charge in [-0.2, -0.15) is 5.26 Å². The molecule has 4 nitrogen and oxygen atoms in total. The average molecular weight is 174 g/mol. The molecule has 4 heteroatoms. The molecule has 0 aliphatic carbocycles. The van der Waals surface area contributed by atoms with Crippen LogP contribution in [0.15, 0.2) is 16.7 Å². The molecule has 0 bridgehead atoms. The highest BCUT2D eigenvalue weighted by molar-refractivity contribution is 5.79. The lowest BCUT2D eigenvalue weighted by Gasteiger charge is -1.94. The molecule has 0 aromatic carbocycles. The molecule has 0 amide bonds. The minimum atomic E-state index is -0.180. The molecular formula is C9H6N2O2. The van der Waals surface area contributed by atoms with Crippen LogP contribution >= 0.6 is 0 Å². The smallest absolute Gasteiger partial charge is 0.284 e. The molecule has 0 aliphatic heterocycles. The van der Waals surface area contributed by atoms with Gasteiger partial charge in [0.2, 0.25) is 0 Å². The first-order valence-electron chi connectivity index (χ1n) is 3.70. The second-order valence-electron chi connectivity index (χ2n) is 2.71. The summed E-state index contributed by atoms with van der Waals surface area (Å²) in [7, 11) is 0. The first-order chi connectivity index (χ1) is 6.22. The maximum atomic E-state index is 9.05. The number of nitriles is 1. The number of nitrogens with zero attached hydrogens (tertiary/aromatic N) is 2. The molecule has 0 unspecified atom stereocenters. The van der Waals surface area contributed by atoms with Gasteiger partial charge in [0.1, 0.15) is 11.6 Å². The van der Waals surface area contributed by atoms with Gasteiger partial charge in [0.25, 0.3) is 5.95 Å². The van der Waals surface area contributed by atoms with Crippen LogP contribution < -0.4 is 0 Å². The summed E-state index contributed by atoms with van der Waals surface area (Å²) in [5, 5.41) is 17.7. The second-order valence-corrected chi connectivity index (χ2v) is 2.71. The van der Waals surface area contributed by atoms with E-state index in [0.29, 0.717) is 22.2 Å². The number of rotatable bonds is 0. The zero-order valence-corrected chi connectivity index (χ0v) is 6.90.